The second-order valence-electron chi connectivity index (χ2n) is 3.00. The lowest BCUT2D eigenvalue weighted by atomic mass is 10.5. The molecule has 0 aromatic carbocycles. The van der Waals surface area contributed by atoms with Crippen LogP contribution in [0.4, 0.5) is 0 Å². The highest BCUT2D eigenvalue weighted by atomic mass is 15.7. The van der Waals surface area contributed by atoms with Gasteiger partial charge in [-0.2, -0.15) is 10.2 Å². The van der Waals surface area contributed by atoms with Crippen LogP contribution in [-0.4, -0.2) is 32.4 Å². The molecule has 14 heavy (non-hydrogen) atoms. The highest BCUT2D eigenvalue weighted by Crippen LogP contribution is 2.09. The first-order valence-corrected chi connectivity index (χ1v) is 4.38. The fraction of sp³-hybridized carbons (Fsp3) is 0.250. The van der Waals surface area contributed by atoms with Gasteiger partial charge in [0.2, 0.25) is 0 Å². The summed E-state index contributed by atoms with van der Waals surface area (Å²) in [4.78, 5) is 12.3. The molecule has 0 amide bonds. The van der Waals surface area contributed by atoms with E-state index >= 15 is 0 Å². The molecule has 0 spiro atoms. The largest absolute Gasteiger partial charge is 0.242 e. The topological polar surface area (TPSA) is 59.2 Å². The van der Waals surface area contributed by atoms with Crippen molar-refractivity contribution in [2.24, 2.45) is 5.10 Å². The van der Waals surface area contributed by atoms with E-state index in [9.17, 15) is 0 Å². The summed E-state index contributed by atoms with van der Waals surface area (Å²) in [5.74, 6) is 0. The van der Waals surface area contributed by atoms with E-state index in [-0.39, 0.29) is 0 Å². The number of hydrogen-bond acceptors (Lipinski definition) is 5. The first kappa shape index (κ1) is 7.43. The average Bonchev–Trinajstić information content (AvgIpc) is 2.85. The maximum absolute atomic E-state index is 4.20. The minimum absolute atomic E-state index is 0.787. The van der Waals surface area contributed by atoms with E-state index < -0.39 is 0 Å². The Morgan fingerprint density at radius 1 is 1.29 bits per heavy atom. The minimum Gasteiger partial charge on any atom is -0.242 e. The van der Waals surface area contributed by atoms with Crippen LogP contribution in [0.3, 0.4) is 0 Å². The summed E-state index contributed by atoms with van der Waals surface area (Å²) in [6.45, 7) is 0.870. The first-order valence-electron chi connectivity index (χ1n) is 4.38. The predicted octanol–water partition coefficient (Wildman–Crippen LogP) is 0.154. The Morgan fingerprint density at radius 3 is 3.14 bits per heavy atom. The highest BCUT2D eigenvalue weighted by Gasteiger charge is 2.11. The van der Waals surface area contributed by atoms with Crippen LogP contribution in [0.1, 0.15) is 6.42 Å². The Bertz CT molecular complexity index is 487. The van der Waals surface area contributed by atoms with Crippen LogP contribution in [0.5, 0.6) is 0 Å². The minimum atomic E-state index is 0.787. The van der Waals surface area contributed by atoms with Gasteiger partial charge in [-0.15, -0.1) is 0 Å². The highest BCUT2D eigenvalue weighted by molar-refractivity contribution is 5.70. The Labute approximate surface area is 79.9 Å². The van der Waals surface area contributed by atoms with Crippen molar-refractivity contribution >= 4 is 17.4 Å². The molecule has 3 rings (SSSR count). The van der Waals surface area contributed by atoms with Gasteiger partial charge in [-0.3, -0.25) is 0 Å². The van der Waals surface area contributed by atoms with Gasteiger partial charge >= 0.3 is 0 Å². The zero-order chi connectivity index (χ0) is 9.38. The molecule has 2 aromatic heterocycles. The summed E-state index contributed by atoms with van der Waals surface area (Å²) in [5.41, 5.74) is 1.58. The molecule has 0 atom stereocenters. The molecule has 0 saturated heterocycles. The maximum atomic E-state index is 4.20. The molecule has 0 unspecified atom stereocenters. The molecule has 6 heteroatoms. The molecule has 70 valence electrons. The number of aromatic nitrogens is 4. The van der Waals surface area contributed by atoms with Crippen molar-refractivity contribution in [1.82, 2.24) is 19.6 Å². The molecule has 0 fully saturated rings. The van der Waals surface area contributed by atoms with Gasteiger partial charge in [0.1, 0.15) is 18.2 Å². The van der Waals surface area contributed by atoms with Crippen LogP contribution in [0, 0.1) is 0 Å². The predicted molar refractivity (Wildman–Crippen MR) is 51.5 cm³/mol. The van der Waals surface area contributed by atoms with E-state index in [4.69, 9.17) is 0 Å². The number of hydrogen-bond donors (Lipinski definition) is 0. The van der Waals surface area contributed by atoms with Gasteiger partial charge in [0.05, 0.1) is 12.7 Å². The first-order chi connectivity index (χ1) is 6.95. The number of imidazole rings is 1. The quantitative estimate of drug-likeness (QED) is 0.639. The maximum Gasteiger partial charge on any atom is 0.183 e. The van der Waals surface area contributed by atoms with Crippen LogP contribution >= 0.6 is 0 Å². The molecule has 6 nitrogen and oxygen atoms in total. The third-order valence-corrected chi connectivity index (χ3v) is 2.12. The molecular formula is C8H8N6. The van der Waals surface area contributed by atoms with Crippen LogP contribution in [0.15, 0.2) is 24.0 Å². The SMILES string of the molecule is C1=NN(n2cnc3cncnc32)CC1. The van der Waals surface area contributed by atoms with Crippen LogP contribution in [0.25, 0.3) is 11.2 Å². The molecule has 0 saturated carbocycles. The summed E-state index contributed by atoms with van der Waals surface area (Å²) in [6.07, 6.45) is 7.76. The Hall–Kier alpha value is -1.98. The molecule has 0 bridgehead atoms. The molecule has 1 aliphatic rings. The number of nitrogens with zero attached hydrogens (tertiary/aromatic N) is 6. The van der Waals surface area contributed by atoms with Crippen molar-refractivity contribution in [2.75, 3.05) is 11.7 Å². The van der Waals surface area contributed by atoms with Crippen molar-refractivity contribution in [3.63, 3.8) is 0 Å². The van der Waals surface area contributed by atoms with Gasteiger partial charge in [0.25, 0.3) is 0 Å². The standard InChI is InChI=1S/C8H8N6/c1-2-12-14(3-1)13-6-11-7-4-9-5-10-8(7)13/h2,4-6H,1,3H2. The summed E-state index contributed by atoms with van der Waals surface area (Å²) < 4.78 is 1.83. The van der Waals surface area contributed by atoms with Crippen LogP contribution < -0.4 is 5.12 Å². The van der Waals surface area contributed by atoms with Gasteiger partial charge < -0.3 is 0 Å². The normalized spacial score (nSPS) is 15.6. The van der Waals surface area contributed by atoms with E-state index in [1.54, 1.807) is 12.5 Å². The lowest BCUT2D eigenvalue weighted by Gasteiger charge is -2.13. The second kappa shape index (κ2) is 2.76. The number of fused-ring (bicyclic) bond motifs is 1. The molecule has 3 heterocycles. The Morgan fingerprint density at radius 2 is 2.29 bits per heavy atom. The fourth-order valence-electron chi connectivity index (χ4n) is 1.47. The Balaban J connectivity index is 2.16. The van der Waals surface area contributed by atoms with E-state index in [2.05, 4.69) is 20.1 Å². The van der Waals surface area contributed by atoms with Gasteiger partial charge in [-0.25, -0.2) is 19.6 Å². The molecule has 2 aromatic rings. The molecule has 0 aliphatic carbocycles. The zero-order valence-corrected chi connectivity index (χ0v) is 7.41. The third-order valence-electron chi connectivity index (χ3n) is 2.12. The van der Waals surface area contributed by atoms with Crippen molar-refractivity contribution < 1.29 is 0 Å². The monoisotopic (exact) mass is 188 g/mol. The summed E-state index contributed by atoms with van der Waals surface area (Å²) in [7, 11) is 0. The van der Waals surface area contributed by atoms with E-state index in [1.165, 1.54) is 6.33 Å². The second-order valence-corrected chi connectivity index (χ2v) is 3.00. The molecule has 1 aliphatic heterocycles. The van der Waals surface area contributed by atoms with Gasteiger partial charge in [-0.05, 0) is 0 Å². The summed E-state index contributed by atoms with van der Waals surface area (Å²) in [6, 6.07) is 0. The van der Waals surface area contributed by atoms with Gasteiger partial charge in [0, 0.05) is 12.6 Å². The number of rotatable bonds is 1. The molecular weight excluding hydrogens is 180 g/mol. The third kappa shape index (κ3) is 0.968. The van der Waals surface area contributed by atoms with E-state index in [1.807, 2.05) is 16.0 Å². The van der Waals surface area contributed by atoms with Gasteiger partial charge in [0.15, 0.2) is 5.65 Å². The number of hydrazone groups is 1. The molecule has 0 N–H and O–H groups in total. The summed E-state index contributed by atoms with van der Waals surface area (Å²) >= 11 is 0. The van der Waals surface area contributed by atoms with E-state index in [0.717, 1.165) is 24.1 Å². The molecule has 0 radical (unpaired) electrons. The van der Waals surface area contributed by atoms with Crippen molar-refractivity contribution in [2.45, 2.75) is 6.42 Å². The van der Waals surface area contributed by atoms with E-state index in [0.29, 0.717) is 0 Å². The van der Waals surface area contributed by atoms with Crippen molar-refractivity contribution in [3.05, 3.63) is 18.9 Å². The average molecular weight is 188 g/mol. The van der Waals surface area contributed by atoms with Crippen LogP contribution in [0.2, 0.25) is 0 Å². The van der Waals surface area contributed by atoms with Crippen molar-refractivity contribution in [3.8, 4) is 0 Å². The van der Waals surface area contributed by atoms with Gasteiger partial charge in [-0.1, -0.05) is 0 Å². The smallest absolute Gasteiger partial charge is 0.183 e. The van der Waals surface area contributed by atoms with Crippen molar-refractivity contribution in [1.29, 1.82) is 0 Å². The lowest BCUT2D eigenvalue weighted by Crippen LogP contribution is -2.25. The summed E-state index contributed by atoms with van der Waals surface area (Å²) in [5, 5.41) is 6.03. The fourth-order valence-corrected chi connectivity index (χ4v) is 1.47. The zero-order valence-electron chi connectivity index (χ0n) is 7.41. The van der Waals surface area contributed by atoms with Crippen LogP contribution in [-0.2, 0) is 0 Å². The Kier molecular flexibility index (Phi) is 1.46. The lowest BCUT2D eigenvalue weighted by molar-refractivity contribution is 0.654.